The number of carbonyl (C=O) groups is 2. The molecule has 0 spiro atoms. The van der Waals surface area contributed by atoms with Gasteiger partial charge in [-0.25, -0.2) is 4.98 Å². The lowest BCUT2D eigenvalue weighted by Gasteiger charge is -2.17. The number of hydrogen-bond acceptors (Lipinski definition) is 5. The van der Waals surface area contributed by atoms with Crippen LogP contribution in [0.3, 0.4) is 0 Å². The van der Waals surface area contributed by atoms with Crippen molar-refractivity contribution in [3.8, 4) is 0 Å². The number of nitrogens with zero attached hydrogens (tertiary/aromatic N) is 2. The maximum absolute atomic E-state index is 12.2. The molecule has 0 unspecified atom stereocenters. The zero-order valence-corrected chi connectivity index (χ0v) is 16.2. The summed E-state index contributed by atoms with van der Waals surface area (Å²) in [7, 11) is 1.59. The molecular formula is C17H15BrN4O3S. The third-order valence-corrected chi connectivity index (χ3v) is 5.11. The summed E-state index contributed by atoms with van der Waals surface area (Å²) in [6, 6.07) is 8.60. The Morgan fingerprint density at radius 1 is 1.27 bits per heavy atom. The summed E-state index contributed by atoms with van der Waals surface area (Å²) in [4.78, 5) is 44.6. The first-order chi connectivity index (χ1) is 12.4. The molecular weight excluding hydrogens is 420 g/mol. The predicted molar refractivity (Wildman–Crippen MR) is 103 cm³/mol. The van der Waals surface area contributed by atoms with Gasteiger partial charge in [-0.1, -0.05) is 15.9 Å². The fourth-order valence-electron chi connectivity index (χ4n) is 2.30. The third kappa shape index (κ3) is 4.17. The van der Waals surface area contributed by atoms with Crippen LogP contribution >= 0.6 is 27.3 Å². The highest BCUT2D eigenvalue weighted by Gasteiger charge is 2.14. The molecule has 1 aromatic carbocycles. The Hall–Kier alpha value is -2.52. The smallest absolute Gasteiger partial charge is 0.268 e. The molecule has 3 rings (SSSR count). The Balaban J connectivity index is 1.59. The minimum absolute atomic E-state index is 0.143. The largest absolute Gasteiger partial charge is 0.343 e. The summed E-state index contributed by atoms with van der Waals surface area (Å²) in [5, 5.41) is 4.38. The fourth-order valence-corrected chi connectivity index (χ4v) is 3.29. The number of nitrogens with one attached hydrogen (secondary N) is 2. The monoisotopic (exact) mass is 434 g/mol. The van der Waals surface area contributed by atoms with E-state index in [-0.39, 0.29) is 30.5 Å². The molecule has 0 aliphatic heterocycles. The normalized spacial score (nSPS) is 10.7. The quantitative estimate of drug-likeness (QED) is 0.642. The molecule has 0 radical (unpaired) electrons. The Kier molecular flexibility index (Phi) is 5.48. The van der Waals surface area contributed by atoms with Crippen LogP contribution in [-0.2, 0) is 11.3 Å². The minimum atomic E-state index is -0.328. The van der Waals surface area contributed by atoms with Crippen LogP contribution in [0.25, 0.3) is 10.2 Å². The Labute approximate surface area is 161 Å². The van der Waals surface area contributed by atoms with Crippen LogP contribution in [0.15, 0.2) is 45.0 Å². The molecule has 0 bridgehead atoms. The van der Waals surface area contributed by atoms with Gasteiger partial charge >= 0.3 is 0 Å². The van der Waals surface area contributed by atoms with E-state index in [2.05, 4.69) is 31.2 Å². The predicted octanol–water partition coefficient (Wildman–Crippen LogP) is 2.14. The summed E-state index contributed by atoms with van der Waals surface area (Å²) in [6.45, 7) is 0.00430. The van der Waals surface area contributed by atoms with Gasteiger partial charge in [0, 0.05) is 17.1 Å². The summed E-state index contributed by atoms with van der Waals surface area (Å²) >= 11 is 4.62. The van der Waals surface area contributed by atoms with Gasteiger partial charge in [-0.15, -0.1) is 11.3 Å². The summed E-state index contributed by atoms with van der Waals surface area (Å²) in [5.74, 6) is -0.218. The molecule has 26 heavy (non-hydrogen) atoms. The van der Waals surface area contributed by atoms with Crippen LogP contribution < -0.4 is 10.9 Å². The van der Waals surface area contributed by atoms with Gasteiger partial charge in [-0.05, 0) is 35.7 Å². The van der Waals surface area contributed by atoms with Gasteiger partial charge in [0.1, 0.15) is 10.5 Å². The van der Waals surface area contributed by atoms with Gasteiger partial charge < -0.3 is 15.2 Å². The van der Waals surface area contributed by atoms with Crippen molar-refractivity contribution in [1.82, 2.24) is 20.2 Å². The van der Waals surface area contributed by atoms with E-state index in [1.54, 1.807) is 42.8 Å². The number of rotatable bonds is 5. The van der Waals surface area contributed by atoms with Gasteiger partial charge in [0.05, 0.1) is 18.6 Å². The maximum atomic E-state index is 12.2. The first-order valence-electron chi connectivity index (χ1n) is 7.68. The molecule has 0 aliphatic rings. The lowest BCUT2D eigenvalue weighted by Crippen LogP contribution is -2.38. The molecule has 2 amide bonds. The number of hydrogen-bond donors (Lipinski definition) is 2. The Bertz CT molecular complexity index is 1010. The Morgan fingerprint density at radius 3 is 2.73 bits per heavy atom. The Morgan fingerprint density at radius 2 is 2.00 bits per heavy atom. The average Bonchev–Trinajstić information content (AvgIpc) is 3.09. The van der Waals surface area contributed by atoms with E-state index in [4.69, 9.17) is 0 Å². The van der Waals surface area contributed by atoms with Crippen molar-refractivity contribution in [1.29, 1.82) is 0 Å². The van der Waals surface area contributed by atoms with Crippen molar-refractivity contribution >= 4 is 49.3 Å². The van der Waals surface area contributed by atoms with Gasteiger partial charge in [0.25, 0.3) is 11.5 Å². The van der Waals surface area contributed by atoms with E-state index in [0.29, 0.717) is 21.6 Å². The average molecular weight is 435 g/mol. The highest BCUT2D eigenvalue weighted by molar-refractivity contribution is 9.10. The first-order valence-corrected chi connectivity index (χ1v) is 9.35. The number of fused-ring (bicyclic) bond motifs is 1. The molecule has 134 valence electrons. The highest BCUT2D eigenvalue weighted by atomic mass is 79.9. The summed E-state index contributed by atoms with van der Waals surface area (Å²) in [6.07, 6.45) is 0. The second-order valence-corrected chi connectivity index (χ2v) is 7.42. The van der Waals surface area contributed by atoms with Crippen molar-refractivity contribution in [3.05, 3.63) is 61.9 Å². The van der Waals surface area contributed by atoms with Crippen molar-refractivity contribution in [3.63, 3.8) is 0 Å². The second-order valence-electron chi connectivity index (χ2n) is 5.59. The molecule has 7 nitrogen and oxygen atoms in total. The van der Waals surface area contributed by atoms with Crippen molar-refractivity contribution in [2.45, 2.75) is 6.54 Å². The van der Waals surface area contributed by atoms with E-state index in [1.807, 2.05) is 0 Å². The van der Waals surface area contributed by atoms with E-state index in [0.717, 1.165) is 4.47 Å². The SMILES string of the molecule is CN(Cc1nc2ccsc2c(=O)[nH]1)C(=O)CNC(=O)c1ccc(Br)cc1. The number of aromatic nitrogens is 2. The number of likely N-dealkylation sites (N-methyl/N-ethyl adjacent to an activating group) is 1. The zero-order valence-electron chi connectivity index (χ0n) is 13.8. The fraction of sp³-hybridized carbons (Fsp3) is 0.176. The van der Waals surface area contributed by atoms with Crippen LogP contribution in [0.2, 0.25) is 0 Å². The van der Waals surface area contributed by atoms with Crippen LogP contribution in [0.4, 0.5) is 0 Å². The van der Waals surface area contributed by atoms with Gasteiger partial charge in [-0.3, -0.25) is 14.4 Å². The molecule has 3 aromatic rings. The van der Waals surface area contributed by atoms with Gasteiger partial charge in [0.2, 0.25) is 5.91 Å². The maximum Gasteiger partial charge on any atom is 0.268 e. The molecule has 2 heterocycles. The first kappa shape index (κ1) is 18.3. The van der Waals surface area contributed by atoms with Gasteiger partial charge in [-0.2, -0.15) is 0 Å². The summed E-state index contributed by atoms with van der Waals surface area (Å²) in [5.41, 5.74) is 0.861. The zero-order chi connectivity index (χ0) is 18.7. The lowest BCUT2D eigenvalue weighted by molar-refractivity contribution is -0.129. The van der Waals surface area contributed by atoms with Crippen LogP contribution in [0, 0.1) is 0 Å². The number of aromatic amines is 1. The van der Waals surface area contributed by atoms with E-state index in [1.165, 1.54) is 16.2 Å². The van der Waals surface area contributed by atoms with E-state index < -0.39 is 0 Å². The third-order valence-electron chi connectivity index (χ3n) is 3.68. The molecule has 0 saturated carbocycles. The standard InChI is InChI=1S/C17H15BrN4O3S/c1-22(9-13-20-12-6-7-26-15(12)17(25)21-13)14(23)8-19-16(24)10-2-4-11(18)5-3-10/h2-7H,8-9H2,1H3,(H,19,24)(H,20,21,25). The number of amides is 2. The van der Waals surface area contributed by atoms with Gasteiger partial charge in [0.15, 0.2) is 0 Å². The van der Waals surface area contributed by atoms with Crippen LogP contribution in [0.5, 0.6) is 0 Å². The minimum Gasteiger partial charge on any atom is -0.343 e. The van der Waals surface area contributed by atoms with Crippen LogP contribution in [-0.4, -0.2) is 40.3 Å². The number of halogens is 1. The number of benzene rings is 1. The molecule has 0 fully saturated rings. The molecule has 0 aliphatic carbocycles. The number of carbonyl (C=O) groups excluding carboxylic acids is 2. The number of thiophene rings is 1. The molecule has 2 aromatic heterocycles. The molecule has 2 N–H and O–H groups in total. The topological polar surface area (TPSA) is 95.2 Å². The van der Waals surface area contributed by atoms with Crippen molar-refractivity contribution < 1.29 is 9.59 Å². The lowest BCUT2D eigenvalue weighted by atomic mass is 10.2. The number of H-pyrrole nitrogens is 1. The molecule has 0 atom stereocenters. The van der Waals surface area contributed by atoms with Crippen molar-refractivity contribution in [2.75, 3.05) is 13.6 Å². The molecule has 0 saturated heterocycles. The molecule has 9 heteroatoms. The second kappa shape index (κ2) is 7.79. The van der Waals surface area contributed by atoms with E-state index in [9.17, 15) is 14.4 Å². The van der Waals surface area contributed by atoms with Crippen LogP contribution in [0.1, 0.15) is 16.2 Å². The summed E-state index contributed by atoms with van der Waals surface area (Å²) < 4.78 is 1.43. The van der Waals surface area contributed by atoms with E-state index >= 15 is 0 Å². The van der Waals surface area contributed by atoms with Crippen molar-refractivity contribution in [2.24, 2.45) is 0 Å². The highest BCUT2D eigenvalue weighted by Crippen LogP contribution is 2.14.